The number of likely N-dealkylation sites (tertiary alicyclic amines) is 1. The number of carbonyl (C=O) groups excluding carboxylic acids is 1. The summed E-state index contributed by atoms with van der Waals surface area (Å²) in [6, 6.07) is 5.52. The fraction of sp³-hybridized carbons (Fsp3) is 0.526. The number of benzene rings is 1. The minimum Gasteiger partial charge on any atom is -0.493 e. The number of hydrogen-bond donors (Lipinski definition) is 0. The van der Waals surface area contributed by atoms with Gasteiger partial charge >= 0.3 is 5.97 Å². The second-order valence-electron chi connectivity index (χ2n) is 6.31. The van der Waals surface area contributed by atoms with Crippen molar-refractivity contribution in [2.75, 3.05) is 40.0 Å². The first-order valence-corrected chi connectivity index (χ1v) is 8.63. The molecule has 1 spiro atoms. The maximum absolute atomic E-state index is 11.1. The standard InChI is InChI=1S/C19H25NO5/c1-15(21)25-17-6-5-16(14-18(17)22-2)4-3-9-20-10-7-19(8-11-20)23-12-13-24-19/h3-6,14H,7-13H2,1-2H3. The molecule has 25 heavy (non-hydrogen) atoms. The van der Waals surface area contributed by atoms with Gasteiger partial charge in [-0.1, -0.05) is 18.2 Å². The molecule has 0 amide bonds. The highest BCUT2D eigenvalue weighted by Gasteiger charge is 2.39. The summed E-state index contributed by atoms with van der Waals surface area (Å²) in [7, 11) is 1.56. The average molecular weight is 347 g/mol. The molecule has 0 atom stereocenters. The molecular weight excluding hydrogens is 322 g/mol. The summed E-state index contributed by atoms with van der Waals surface area (Å²) in [5.41, 5.74) is 1.00. The molecule has 0 unspecified atom stereocenters. The minimum atomic E-state index is -0.361. The van der Waals surface area contributed by atoms with E-state index in [4.69, 9.17) is 18.9 Å². The molecule has 0 aromatic heterocycles. The molecule has 0 aliphatic carbocycles. The summed E-state index contributed by atoms with van der Waals surface area (Å²) in [4.78, 5) is 13.5. The van der Waals surface area contributed by atoms with Gasteiger partial charge in [-0.05, 0) is 17.7 Å². The number of ether oxygens (including phenoxy) is 4. The number of methoxy groups -OCH3 is 1. The molecule has 0 N–H and O–H groups in total. The van der Waals surface area contributed by atoms with E-state index >= 15 is 0 Å². The summed E-state index contributed by atoms with van der Waals surface area (Å²) < 4.78 is 21.9. The van der Waals surface area contributed by atoms with Crippen LogP contribution in [0.1, 0.15) is 25.3 Å². The lowest BCUT2D eigenvalue weighted by atomic mass is 10.0. The summed E-state index contributed by atoms with van der Waals surface area (Å²) in [5.74, 6) is 0.303. The fourth-order valence-electron chi connectivity index (χ4n) is 3.23. The normalized spacial score (nSPS) is 20.2. The highest BCUT2D eigenvalue weighted by atomic mass is 16.7. The topological polar surface area (TPSA) is 57.2 Å². The number of nitrogens with zero attached hydrogens (tertiary/aromatic N) is 1. The predicted molar refractivity (Wildman–Crippen MR) is 93.6 cm³/mol. The zero-order valence-electron chi connectivity index (χ0n) is 14.8. The monoisotopic (exact) mass is 347 g/mol. The first-order valence-electron chi connectivity index (χ1n) is 8.63. The van der Waals surface area contributed by atoms with Crippen molar-refractivity contribution in [3.63, 3.8) is 0 Å². The van der Waals surface area contributed by atoms with Crippen LogP contribution in [0.25, 0.3) is 6.08 Å². The van der Waals surface area contributed by atoms with E-state index in [1.807, 2.05) is 18.2 Å². The number of esters is 1. The first-order chi connectivity index (χ1) is 12.1. The van der Waals surface area contributed by atoms with E-state index in [9.17, 15) is 4.79 Å². The highest BCUT2D eigenvalue weighted by Crippen LogP contribution is 2.31. The zero-order valence-corrected chi connectivity index (χ0v) is 14.8. The molecule has 2 heterocycles. The van der Waals surface area contributed by atoms with E-state index < -0.39 is 0 Å². The Kier molecular flexibility index (Phi) is 5.73. The Morgan fingerprint density at radius 1 is 1.24 bits per heavy atom. The van der Waals surface area contributed by atoms with E-state index in [0.717, 1.165) is 38.0 Å². The Labute approximate surface area is 148 Å². The van der Waals surface area contributed by atoms with Gasteiger partial charge in [0.1, 0.15) is 0 Å². The third-order valence-corrected chi connectivity index (χ3v) is 4.55. The Bertz CT molecular complexity index is 627. The summed E-state index contributed by atoms with van der Waals surface area (Å²) >= 11 is 0. The Balaban J connectivity index is 1.53. The Morgan fingerprint density at radius 2 is 1.96 bits per heavy atom. The lowest BCUT2D eigenvalue weighted by molar-refractivity contribution is -0.184. The van der Waals surface area contributed by atoms with Crippen molar-refractivity contribution in [1.82, 2.24) is 4.90 Å². The second kappa shape index (κ2) is 7.99. The van der Waals surface area contributed by atoms with E-state index in [0.29, 0.717) is 24.7 Å². The quantitative estimate of drug-likeness (QED) is 0.602. The van der Waals surface area contributed by atoms with Crippen molar-refractivity contribution in [1.29, 1.82) is 0 Å². The third-order valence-electron chi connectivity index (χ3n) is 4.55. The van der Waals surface area contributed by atoms with Gasteiger partial charge in [0.2, 0.25) is 0 Å². The molecule has 2 fully saturated rings. The molecule has 0 bridgehead atoms. The maximum Gasteiger partial charge on any atom is 0.308 e. The van der Waals surface area contributed by atoms with Crippen LogP contribution in [-0.4, -0.2) is 56.6 Å². The van der Waals surface area contributed by atoms with Crippen LogP contribution in [0.4, 0.5) is 0 Å². The van der Waals surface area contributed by atoms with Crippen LogP contribution < -0.4 is 9.47 Å². The number of rotatable bonds is 5. The van der Waals surface area contributed by atoms with Crippen LogP contribution in [0.5, 0.6) is 11.5 Å². The SMILES string of the molecule is COc1cc(C=CCN2CCC3(CC2)OCCO3)ccc1OC(C)=O. The van der Waals surface area contributed by atoms with Crippen LogP contribution in [0.2, 0.25) is 0 Å². The van der Waals surface area contributed by atoms with Crippen molar-refractivity contribution in [3.05, 3.63) is 29.8 Å². The molecule has 1 aromatic rings. The van der Waals surface area contributed by atoms with Crippen LogP contribution >= 0.6 is 0 Å². The lowest BCUT2D eigenvalue weighted by Crippen LogP contribution is -2.45. The van der Waals surface area contributed by atoms with Gasteiger partial charge < -0.3 is 18.9 Å². The molecular formula is C19H25NO5. The molecule has 2 saturated heterocycles. The molecule has 6 heteroatoms. The Morgan fingerprint density at radius 3 is 2.60 bits per heavy atom. The van der Waals surface area contributed by atoms with Crippen LogP contribution in [0, 0.1) is 0 Å². The Hall–Kier alpha value is -1.89. The largest absolute Gasteiger partial charge is 0.493 e. The molecule has 3 rings (SSSR count). The van der Waals surface area contributed by atoms with Gasteiger partial charge in [0, 0.05) is 39.4 Å². The van der Waals surface area contributed by atoms with Gasteiger partial charge in [-0.2, -0.15) is 0 Å². The van der Waals surface area contributed by atoms with Gasteiger partial charge in [-0.25, -0.2) is 0 Å². The molecule has 2 aliphatic rings. The van der Waals surface area contributed by atoms with Crippen LogP contribution in [0.3, 0.4) is 0 Å². The molecule has 0 saturated carbocycles. The van der Waals surface area contributed by atoms with Crippen molar-refractivity contribution < 1.29 is 23.7 Å². The third kappa shape index (κ3) is 4.60. The number of piperidine rings is 1. The maximum atomic E-state index is 11.1. The van der Waals surface area contributed by atoms with Crippen molar-refractivity contribution in [2.45, 2.75) is 25.6 Å². The van der Waals surface area contributed by atoms with Crippen molar-refractivity contribution >= 4 is 12.0 Å². The van der Waals surface area contributed by atoms with E-state index in [-0.39, 0.29) is 11.8 Å². The molecule has 0 radical (unpaired) electrons. The molecule has 1 aromatic carbocycles. The second-order valence-corrected chi connectivity index (χ2v) is 6.31. The summed E-state index contributed by atoms with van der Waals surface area (Å²) in [5, 5.41) is 0. The lowest BCUT2D eigenvalue weighted by Gasteiger charge is -2.37. The van der Waals surface area contributed by atoms with Gasteiger partial charge in [-0.15, -0.1) is 0 Å². The molecule has 2 aliphatic heterocycles. The van der Waals surface area contributed by atoms with E-state index in [1.165, 1.54) is 6.92 Å². The zero-order chi connectivity index (χ0) is 17.7. The van der Waals surface area contributed by atoms with Crippen molar-refractivity contribution in [3.8, 4) is 11.5 Å². The van der Waals surface area contributed by atoms with Crippen molar-refractivity contribution in [2.24, 2.45) is 0 Å². The molecule has 136 valence electrons. The number of carbonyl (C=O) groups is 1. The number of hydrogen-bond acceptors (Lipinski definition) is 6. The van der Waals surface area contributed by atoms with Gasteiger partial charge in [0.25, 0.3) is 0 Å². The van der Waals surface area contributed by atoms with Gasteiger partial charge in [0.05, 0.1) is 20.3 Å². The predicted octanol–water partition coefficient (Wildman–Crippen LogP) is 2.47. The summed E-state index contributed by atoms with van der Waals surface area (Å²) in [6.45, 7) is 5.62. The minimum absolute atomic E-state index is 0.319. The van der Waals surface area contributed by atoms with Crippen LogP contribution in [-0.2, 0) is 14.3 Å². The summed E-state index contributed by atoms with van der Waals surface area (Å²) in [6.07, 6.45) is 6.03. The van der Waals surface area contributed by atoms with Gasteiger partial charge in [0.15, 0.2) is 17.3 Å². The highest BCUT2D eigenvalue weighted by molar-refractivity contribution is 5.71. The fourth-order valence-corrected chi connectivity index (χ4v) is 3.23. The average Bonchev–Trinajstić information content (AvgIpc) is 3.06. The van der Waals surface area contributed by atoms with E-state index in [2.05, 4.69) is 11.0 Å². The van der Waals surface area contributed by atoms with Gasteiger partial charge in [-0.3, -0.25) is 9.69 Å². The van der Waals surface area contributed by atoms with Crippen LogP contribution in [0.15, 0.2) is 24.3 Å². The van der Waals surface area contributed by atoms with E-state index in [1.54, 1.807) is 13.2 Å². The first kappa shape index (κ1) is 17.9. The molecule has 6 nitrogen and oxygen atoms in total. The smallest absolute Gasteiger partial charge is 0.308 e.